The minimum Gasteiger partial charge on any atom is -0.324 e. The molecule has 4 rings (SSSR count). The number of nitrogens with zero attached hydrogens (tertiary/aromatic N) is 3. The lowest BCUT2D eigenvalue weighted by molar-refractivity contribution is -0.116. The molecule has 7 nitrogen and oxygen atoms in total. The van der Waals surface area contributed by atoms with E-state index in [2.05, 4.69) is 10.4 Å². The quantitative estimate of drug-likeness (QED) is 0.663. The number of rotatable bonds is 5. The highest BCUT2D eigenvalue weighted by Crippen LogP contribution is 2.32. The number of fused-ring (bicyclic) bond motifs is 1. The van der Waals surface area contributed by atoms with Crippen LogP contribution in [-0.4, -0.2) is 27.6 Å². The molecule has 1 N–H and O–H groups in total. The van der Waals surface area contributed by atoms with Crippen LogP contribution in [0.5, 0.6) is 0 Å². The minimum absolute atomic E-state index is 0.0570. The van der Waals surface area contributed by atoms with Crippen LogP contribution >= 0.6 is 0 Å². The standard InChI is InChI=1S/C23H20F2N4O3/c1-14-12-15-4-2-3-5-20(15)29(14)23(32)19-8-9-22(31)28(27-19)11-10-21(30)26-18-7-6-16(24)13-17(18)25/h2-9,13-14H,10-12H2,1H3,(H,26,30). The van der Waals surface area contributed by atoms with Crippen LogP contribution in [0.2, 0.25) is 0 Å². The van der Waals surface area contributed by atoms with Gasteiger partial charge in [0.1, 0.15) is 17.3 Å². The van der Waals surface area contributed by atoms with Crippen LogP contribution in [0.15, 0.2) is 59.4 Å². The first kappa shape index (κ1) is 21.4. The van der Waals surface area contributed by atoms with E-state index >= 15 is 0 Å². The van der Waals surface area contributed by atoms with Crippen LogP contribution in [0.4, 0.5) is 20.2 Å². The molecule has 2 heterocycles. The molecule has 0 radical (unpaired) electrons. The lowest BCUT2D eigenvalue weighted by Gasteiger charge is -2.22. The molecule has 0 saturated carbocycles. The number of hydrogen-bond donors (Lipinski definition) is 1. The van der Waals surface area contributed by atoms with Gasteiger partial charge in [-0.2, -0.15) is 5.10 Å². The zero-order valence-corrected chi connectivity index (χ0v) is 17.2. The Morgan fingerprint density at radius 3 is 2.69 bits per heavy atom. The molecular formula is C23H20F2N4O3. The Morgan fingerprint density at radius 2 is 1.91 bits per heavy atom. The Balaban J connectivity index is 1.48. The highest BCUT2D eigenvalue weighted by molar-refractivity contribution is 6.06. The van der Waals surface area contributed by atoms with Crippen molar-refractivity contribution in [3.8, 4) is 0 Å². The Bertz CT molecular complexity index is 1260. The minimum atomic E-state index is -0.902. The van der Waals surface area contributed by atoms with E-state index in [0.29, 0.717) is 6.07 Å². The number of nitrogens with one attached hydrogen (secondary N) is 1. The summed E-state index contributed by atoms with van der Waals surface area (Å²) in [7, 11) is 0. The molecule has 164 valence electrons. The van der Waals surface area contributed by atoms with Crippen molar-refractivity contribution >= 4 is 23.2 Å². The van der Waals surface area contributed by atoms with E-state index in [9.17, 15) is 23.2 Å². The predicted octanol–water partition coefficient (Wildman–Crippen LogP) is 3.14. The Kier molecular flexibility index (Phi) is 5.81. The highest BCUT2D eigenvalue weighted by Gasteiger charge is 2.32. The molecule has 1 aromatic heterocycles. The number of para-hydroxylation sites is 1. The van der Waals surface area contributed by atoms with Gasteiger partial charge < -0.3 is 10.2 Å². The Hall–Kier alpha value is -3.88. The van der Waals surface area contributed by atoms with Crippen LogP contribution in [0.1, 0.15) is 29.4 Å². The molecule has 1 aliphatic rings. The maximum Gasteiger partial charge on any atom is 0.278 e. The first-order chi connectivity index (χ1) is 15.3. The molecule has 3 aromatic rings. The van der Waals surface area contributed by atoms with E-state index in [1.807, 2.05) is 31.2 Å². The molecule has 1 unspecified atom stereocenters. The SMILES string of the molecule is CC1Cc2ccccc2N1C(=O)c1ccc(=O)n(CCC(=O)Nc2ccc(F)cc2F)n1. The summed E-state index contributed by atoms with van der Waals surface area (Å²) in [4.78, 5) is 39.1. The van der Waals surface area contributed by atoms with Crippen molar-refractivity contribution in [3.63, 3.8) is 0 Å². The monoisotopic (exact) mass is 438 g/mol. The summed E-state index contributed by atoms with van der Waals surface area (Å²) in [6.45, 7) is 1.83. The van der Waals surface area contributed by atoms with Gasteiger partial charge in [-0.15, -0.1) is 0 Å². The van der Waals surface area contributed by atoms with Crippen molar-refractivity contribution in [1.82, 2.24) is 9.78 Å². The first-order valence-electron chi connectivity index (χ1n) is 10.1. The molecular weight excluding hydrogens is 418 g/mol. The van der Waals surface area contributed by atoms with E-state index in [-0.39, 0.29) is 36.3 Å². The third kappa shape index (κ3) is 4.27. The normalized spacial score (nSPS) is 14.8. The van der Waals surface area contributed by atoms with E-state index in [1.54, 1.807) is 4.90 Å². The summed E-state index contributed by atoms with van der Waals surface area (Å²) in [6.07, 6.45) is 0.534. The van der Waals surface area contributed by atoms with Crippen molar-refractivity contribution in [3.05, 3.63) is 87.8 Å². The topological polar surface area (TPSA) is 84.3 Å². The number of aryl methyl sites for hydroxylation is 1. The van der Waals surface area contributed by atoms with Gasteiger partial charge in [0.15, 0.2) is 0 Å². The van der Waals surface area contributed by atoms with Crippen LogP contribution in [0, 0.1) is 11.6 Å². The number of carbonyl (C=O) groups excluding carboxylic acids is 2. The molecule has 0 fully saturated rings. The van der Waals surface area contributed by atoms with E-state index < -0.39 is 23.1 Å². The smallest absolute Gasteiger partial charge is 0.278 e. The third-order valence-corrected chi connectivity index (χ3v) is 5.27. The first-order valence-corrected chi connectivity index (χ1v) is 10.1. The Labute approximate surface area is 182 Å². The summed E-state index contributed by atoms with van der Waals surface area (Å²) in [5.41, 5.74) is 1.31. The van der Waals surface area contributed by atoms with E-state index in [0.717, 1.165) is 34.5 Å². The Morgan fingerprint density at radius 1 is 1.12 bits per heavy atom. The van der Waals surface area contributed by atoms with E-state index in [4.69, 9.17) is 0 Å². The van der Waals surface area contributed by atoms with Crippen molar-refractivity contribution in [2.45, 2.75) is 32.4 Å². The van der Waals surface area contributed by atoms with Gasteiger partial charge in [-0.25, -0.2) is 13.5 Å². The lowest BCUT2D eigenvalue weighted by atomic mass is 10.1. The molecule has 0 spiro atoms. The maximum atomic E-state index is 13.7. The van der Waals surface area contributed by atoms with Crippen molar-refractivity contribution in [2.75, 3.05) is 10.2 Å². The zero-order chi connectivity index (χ0) is 22.8. The highest BCUT2D eigenvalue weighted by atomic mass is 19.1. The molecule has 0 aliphatic carbocycles. The number of benzene rings is 2. The van der Waals surface area contributed by atoms with Gasteiger partial charge in [-0.05, 0) is 43.2 Å². The summed E-state index contributed by atoms with van der Waals surface area (Å²) in [5.74, 6) is -2.58. The fourth-order valence-electron chi connectivity index (χ4n) is 3.73. The molecule has 0 bridgehead atoms. The molecule has 0 saturated heterocycles. The van der Waals surface area contributed by atoms with Crippen LogP contribution in [0.25, 0.3) is 0 Å². The average molecular weight is 438 g/mol. The second kappa shape index (κ2) is 8.70. The van der Waals surface area contributed by atoms with Crippen molar-refractivity contribution < 1.29 is 18.4 Å². The number of hydrogen-bond acceptors (Lipinski definition) is 4. The van der Waals surface area contributed by atoms with Gasteiger partial charge in [0, 0.05) is 30.3 Å². The number of amides is 2. The number of aromatic nitrogens is 2. The summed E-state index contributed by atoms with van der Waals surface area (Å²) >= 11 is 0. The summed E-state index contributed by atoms with van der Waals surface area (Å²) in [6, 6.07) is 12.9. The van der Waals surface area contributed by atoms with Gasteiger partial charge >= 0.3 is 0 Å². The molecule has 9 heteroatoms. The van der Waals surface area contributed by atoms with Gasteiger partial charge in [-0.3, -0.25) is 14.4 Å². The van der Waals surface area contributed by atoms with Gasteiger partial charge in [0.05, 0.1) is 12.2 Å². The lowest BCUT2D eigenvalue weighted by Crippen LogP contribution is -2.37. The van der Waals surface area contributed by atoms with Gasteiger partial charge in [-0.1, -0.05) is 18.2 Å². The third-order valence-electron chi connectivity index (χ3n) is 5.27. The molecule has 32 heavy (non-hydrogen) atoms. The van der Waals surface area contributed by atoms with Gasteiger partial charge in [0.2, 0.25) is 5.91 Å². The molecule has 1 atom stereocenters. The van der Waals surface area contributed by atoms with Crippen molar-refractivity contribution in [2.24, 2.45) is 0 Å². The fraction of sp³-hybridized carbons (Fsp3) is 0.217. The molecule has 2 amide bonds. The van der Waals surface area contributed by atoms with Crippen LogP contribution in [0.3, 0.4) is 0 Å². The van der Waals surface area contributed by atoms with E-state index in [1.165, 1.54) is 12.1 Å². The van der Waals surface area contributed by atoms with Crippen LogP contribution in [-0.2, 0) is 17.8 Å². The summed E-state index contributed by atoms with van der Waals surface area (Å²) in [5, 5.41) is 6.47. The maximum absolute atomic E-state index is 13.7. The number of halogens is 2. The average Bonchev–Trinajstić information content (AvgIpc) is 3.10. The predicted molar refractivity (Wildman–Crippen MR) is 115 cm³/mol. The van der Waals surface area contributed by atoms with Crippen LogP contribution < -0.4 is 15.8 Å². The number of carbonyl (C=O) groups is 2. The van der Waals surface area contributed by atoms with Crippen molar-refractivity contribution in [1.29, 1.82) is 0 Å². The molecule has 2 aromatic carbocycles. The largest absolute Gasteiger partial charge is 0.324 e. The second-order valence-electron chi connectivity index (χ2n) is 7.56. The molecule has 1 aliphatic heterocycles. The number of anilines is 2. The summed E-state index contributed by atoms with van der Waals surface area (Å²) < 4.78 is 27.7. The second-order valence-corrected chi connectivity index (χ2v) is 7.56. The zero-order valence-electron chi connectivity index (χ0n) is 17.2. The van der Waals surface area contributed by atoms with Gasteiger partial charge in [0.25, 0.3) is 11.5 Å². The fourth-order valence-corrected chi connectivity index (χ4v) is 3.73.